The van der Waals surface area contributed by atoms with Crippen molar-refractivity contribution in [1.82, 2.24) is 5.32 Å². The number of nitriles is 1. The Kier molecular flexibility index (Phi) is 2.82. The molecule has 0 saturated carbocycles. The number of nitrogens with one attached hydrogen (secondary N) is 1. The molecule has 0 bridgehead atoms. The molecule has 17 heavy (non-hydrogen) atoms. The van der Waals surface area contributed by atoms with Gasteiger partial charge in [0.2, 0.25) is 0 Å². The van der Waals surface area contributed by atoms with Crippen molar-refractivity contribution in [1.29, 1.82) is 5.26 Å². The molecule has 0 aromatic carbocycles. The second kappa shape index (κ2) is 3.92. The van der Waals surface area contributed by atoms with E-state index in [4.69, 9.17) is 17.5 Å². The van der Waals surface area contributed by atoms with Crippen LogP contribution in [0.1, 0.15) is 33.6 Å². The van der Waals surface area contributed by atoms with Gasteiger partial charge in [-0.25, -0.2) is 0 Å². The Morgan fingerprint density at radius 3 is 2.71 bits per heavy atom. The highest BCUT2D eigenvalue weighted by atomic mass is 32.1. The number of ketones is 1. The van der Waals surface area contributed by atoms with Crippen molar-refractivity contribution in [2.75, 3.05) is 0 Å². The summed E-state index contributed by atoms with van der Waals surface area (Å²) in [5, 5.41) is 12.2. The lowest BCUT2D eigenvalue weighted by Crippen LogP contribution is -2.44. The molecule has 0 saturated heterocycles. The van der Waals surface area contributed by atoms with E-state index in [0.29, 0.717) is 11.4 Å². The molecule has 0 aromatic rings. The van der Waals surface area contributed by atoms with Crippen LogP contribution >= 0.6 is 12.2 Å². The van der Waals surface area contributed by atoms with Gasteiger partial charge >= 0.3 is 0 Å². The third-order valence-corrected chi connectivity index (χ3v) is 3.93. The van der Waals surface area contributed by atoms with Crippen LogP contribution < -0.4 is 5.32 Å². The Morgan fingerprint density at radius 2 is 2.12 bits per heavy atom. The molecule has 2 aliphatic rings. The van der Waals surface area contributed by atoms with Crippen molar-refractivity contribution >= 4 is 23.0 Å². The molecule has 1 aliphatic carbocycles. The topological polar surface area (TPSA) is 52.9 Å². The van der Waals surface area contributed by atoms with Gasteiger partial charge in [0.25, 0.3) is 0 Å². The van der Waals surface area contributed by atoms with E-state index in [2.05, 4.69) is 25.2 Å². The van der Waals surface area contributed by atoms with Crippen LogP contribution in [0, 0.1) is 28.6 Å². The number of hydrogen-bond acceptors (Lipinski definition) is 3. The molecule has 1 heterocycles. The maximum atomic E-state index is 12.2. The minimum Gasteiger partial charge on any atom is -0.352 e. The number of carbonyl (C=O) groups is 1. The van der Waals surface area contributed by atoms with Gasteiger partial charge in [-0.15, -0.1) is 0 Å². The van der Waals surface area contributed by atoms with Gasteiger partial charge in [0.15, 0.2) is 5.78 Å². The molecule has 4 heteroatoms. The summed E-state index contributed by atoms with van der Waals surface area (Å²) in [6.45, 7) is 6.09. The average molecular weight is 248 g/mol. The number of carbonyl (C=O) groups excluding carboxylic acids is 1. The lowest BCUT2D eigenvalue weighted by atomic mass is 9.69. The highest BCUT2D eigenvalue weighted by Gasteiger charge is 2.41. The van der Waals surface area contributed by atoms with E-state index in [-0.39, 0.29) is 23.0 Å². The molecule has 1 N–H and O–H groups in total. The molecule has 1 aliphatic heterocycles. The molecule has 0 amide bonds. The molecule has 0 unspecified atom stereocenters. The highest BCUT2D eigenvalue weighted by molar-refractivity contribution is 7.80. The van der Waals surface area contributed by atoms with Crippen molar-refractivity contribution < 1.29 is 4.79 Å². The Balaban J connectivity index is 2.45. The van der Waals surface area contributed by atoms with Crippen molar-refractivity contribution in [3.63, 3.8) is 0 Å². The largest absolute Gasteiger partial charge is 0.352 e. The number of thiocarbonyl (C=S) groups is 1. The van der Waals surface area contributed by atoms with Gasteiger partial charge in [0.1, 0.15) is 5.92 Å². The summed E-state index contributed by atoms with van der Waals surface area (Å²) >= 11 is 5.21. The van der Waals surface area contributed by atoms with Crippen LogP contribution in [-0.4, -0.2) is 10.8 Å². The van der Waals surface area contributed by atoms with E-state index >= 15 is 0 Å². The number of hydrogen-bond donors (Lipinski definition) is 1. The predicted octanol–water partition coefficient (Wildman–Crippen LogP) is 2.34. The molecule has 0 fully saturated rings. The summed E-state index contributed by atoms with van der Waals surface area (Å²) in [6, 6.07) is 2.19. The van der Waals surface area contributed by atoms with Gasteiger partial charge in [-0.05, 0) is 11.8 Å². The van der Waals surface area contributed by atoms with Crippen LogP contribution in [0.2, 0.25) is 0 Å². The zero-order chi connectivity index (χ0) is 12.8. The Bertz CT molecular complexity index is 470. The number of rotatable bonds is 0. The molecule has 0 radical (unpaired) electrons. The molecule has 90 valence electrons. The first-order valence-corrected chi connectivity index (χ1v) is 6.23. The third-order valence-electron chi connectivity index (χ3n) is 3.57. The summed E-state index contributed by atoms with van der Waals surface area (Å²) < 4.78 is 0. The fourth-order valence-electron chi connectivity index (χ4n) is 2.77. The van der Waals surface area contributed by atoms with Crippen LogP contribution in [-0.2, 0) is 4.79 Å². The van der Waals surface area contributed by atoms with Gasteiger partial charge < -0.3 is 5.32 Å². The average Bonchev–Trinajstić information content (AvgIpc) is 2.14. The Labute approximate surface area is 107 Å². The minimum atomic E-state index is -0.367. The molecular formula is C13H16N2OS. The quantitative estimate of drug-likeness (QED) is 0.668. The number of nitrogens with zero attached hydrogens (tertiary/aromatic N) is 1. The summed E-state index contributed by atoms with van der Waals surface area (Å²) in [5.74, 6) is -0.278. The zero-order valence-electron chi connectivity index (χ0n) is 10.3. The SMILES string of the molecule is C[C@H]1C2=C(CC(C)(C)CC2=O)NC(=S)[C@@H]1C#N. The van der Waals surface area contributed by atoms with Crippen LogP contribution in [0.5, 0.6) is 0 Å². The van der Waals surface area contributed by atoms with Gasteiger partial charge in [0, 0.05) is 23.6 Å². The maximum Gasteiger partial charge on any atom is 0.161 e. The first kappa shape index (κ1) is 12.3. The molecule has 3 nitrogen and oxygen atoms in total. The second-order valence-corrected chi connectivity index (χ2v) is 6.16. The van der Waals surface area contributed by atoms with Gasteiger partial charge in [-0.1, -0.05) is 33.0 Å². The lowest BCUT2D eigenvalue weighted by Gasteiger charge is -2.39. The standard InChI is InChI=1S/C13H16N2OS/c1-7-8(6-14)12(17)15-9-4-13(2,3)5-10(16)11(7)9/h7-8H,4-5H2,1-3H3,(H,15,17)/t7-,8-/m1/s1. The normalized spacial score (nSPS) is 31.6. The number of Topliss-reactive ketones (excluding diaryl/α,β-unsaturated/α-hetero) is 1. The second-order valence-electron chi connectivity index (χ2n) is 5.72. The van der Waals surface area contributed by atoms with Gasteiger partial charge in [-0.2, -0.15) is 5.26 Å². The molecule has 0 aromatic heterocycles. The lowest BCUT2D eigenvalue weighted by molar-refractivity contribution is -0.118. The fraction of sp³-hybridized carbons (Fsp3) is 0.615. The van der Waals surface area contributed by atoms with Crippen molar-refractivity contribution in [3.8, 4) is 6.07 Å². The zero-order valence-corrected chi connectivity index (χ0v) is 11.1. The predicted molar refractivity (Wildman–Crippen MR) is 69.0 cm³/mol. The van der Waals surface area contributed by atoms with E-state index < -0.39 is 0 Å². The van der Waals surface area contributed by atoms with E-state index in [0.717, 1.165) is 17.7 Å². The Hall–Kier alpha value is -1.21. The molecule has 0 spiro atoms. The summed E-state index contributed by atoms with van der Waals surface area (Å²) in [4.78, 5) is 12.7. The van der Waals surface area contributed by atoms with Crippen molar-refractivity contribution in [3.05, 3.63) is 11.3 Å². The highest BCUT2D eigenvalue weighted by Crippen LogP contribution is 2.41. The minimum absolute atomic E-state index is 0.0161. The molecule has 2 atom stereocenters. The first-order valence-electron chi connectivity index (χ1n) is 5.82. The fourth-order valence-corrected chi connectivity index (χ4v) is 3.15. The summed E-state index contributed by atoms with van der Waals surface area (Å²) in [6.07, 6.45) is 1.39. The van der Waals surface area contributed by atoms with E-state index in [1.54, 1.807) is 0 Å². The number of allylic oxidation sites excluding steroid dienone is 2. The smallest absolute Gasteiger partial charge is 0.161 e. The van der Waals surface area contributed by atoms with Crippen molar-refractivity contribution in [2.45, 2.75) is 33.6 Å². The van der Waals surface area contributed by atoms with Crippen LogP contribution in [0.15, 0.2) is 11.3 Å². The third kappa shape index (κ3) is 2.00. The van der Waals surface area contributed by atoms with Crippen LogP contribution in [0.25, 0.3) is 0 Å². The van der Waals surface area contributed by atoms with Crippen LogP contribution in [0.3, 0.4) is 0 Å². The van der Waals surface area contributed by atoms with E-state index in [1.807, 2.05) is 6.92 Å². The maximum absolute atomic E-state index is 12.2. The van der Waals surface area contributed by atoms with Gasteiger partial charge in [0.05, 0.1) is 11.1 Å². The van der Waals surface area contributed by atoms with E-state index in [9.17, 15) is 4.79 Å². The van der Waals surface area contributed by atoms with Gasteiger partial charge in [-0.3, -0.25) is 4.79 Å². The van der Waals surface area contributed by atoms with Crippen LogP contribution in [0.4, 0.5) is 0 Å². The first-order chi connectivity index (χ1) is 7.85. The molecule has 2 rings (SSSR count). The Morgan fingerprint density at radius 1 is 1.47 bits per heavy atom. The van der Waals surface area contributed by atoms with E-state index in [1.165, 1.54) is 0 Å². The monoisotopic (exact) mass is 248 g/mol. The molecular weight excluding hydrogens is 232 g/mol. The summed E-state index contributed by atoms with van der Waals surface area (Å²) in [7, 11) is 0. The van der Waals surface area contributed by atoms with Crippen molar-refractivity contribution in [2.24, 2.45) is 17.3 Å². The summed E-state index contributed by atoms with van der Waals surface area (Å²) in [5.41, 5.74) is 1.72.